The van der Waals surface area contributed by atoms with Gasteiger partial charge in [-0.25, -0.2) is 9.00 Å². The fourth-order valence-electron chi connectivity index (χ4n) is 2.49. The van der Waals surface area contributed by atoms with Crippen LogP contribution in [0.4, 0.5) is 16.2 Å². The van der Waals surface area contributed by atoms with E-state index in [0.29, 0.717) is 21.2 Å². The fourth-order valence-corrected chi connectivity index (χ4v) is 3.80. The summed E-state index contributed by atoms with van der Waals surface area (Å²) >= 11 is 5.01. The van der Waals surface area contributed by atoms with Gasteiger partial charge in [0.2, 0.25) is 0 Å². The lowest BCUT2D eigenvalue weighted by Crippen LogP contribution is -2.34. The quantitative estimate of drug-likeness (QED) is 0.460. The Bertz CT molecular complexity index is 1050. The Morgan fingerprint density at radius 1 is 1.04 bits per heavy atom. The maximum absolute atomic E-state index is 12.9. The second kappa shape index (κ2) is 8.15. The number of benzene rings is 3. The van der Waals surface area contributed by atoms with Gasteiger partial charge in [0.25, 0.3) is 0 Å². The van der Waals surface area contributed by atoms with E-state index in [1.54, 1.807) is 18.2 Å². The third-order valence-corrected chi connectivity index (χ3v) is 5.39. The normalized spacial score (nSPS) is 11.6. The molecule has 0 saturated heterocycles. The van der Waals surface area contributed by atoms with Crippen LogP contribution in [0.25, 0.3) is 10.8 Å². The van der Waals surface area contributed by atoms with E-state index < -0.39 is 16.9 Å². The molecule has 8 heteroatoms. The van der Waals surface area contributed by atoms with Crippen molar-refractivity contribution in [2.45, 2.75) is 9.79 Å². The van der Waals surface area contributed by atoms with E-state index in [4.69, 9.17) is 18.0 Å². The number of hydrogen-bond donors (Lipinski definition) is 3. The van der Waals surface area contributed by atoms with E-state index in [-0.39, 0.29) is 5.11 Å². The molecule has 1 amide bonds. The number of amides is 1. The van der Waals surface area contributed by atoms with Crippen LogP contribution in [-0.4, -0.2) is 22.5 Å². The second-order valence-corrected chi connectivity index (χ2v) is 7.49. The molecule has 0 bridgehead atoms. The summed E-state index contributed by atoms with van der Waals surface area (Å²) in [6.07, 6.45) is -0.680. The summed E-state index contributed by atoms with van der Waals surface area (Å²) in [6, 6.07) is 18.6. The number of ether oxygens (including phenoxy) is 1. The number of carbonyl (C=O) groups is 1. The van der Waals surface area contributed by atoms with Crippen LogP contribution < -0.4 is 16.4 Å². The number of nitrogens with one attached hydrogen (secondary N) is 2. The number of rotatable bonds is 3. The van der Waals surface area contributed by atoms with Crippen LogP contribution in [0.1, 0.15) is 0 Å². The number of methoxy groups -OCH3 is 1. The number of carbonyl (C=O) groups excluding carboxylic acids is 1. The average Bonchev–Trinajstić information content (AvgIpc) is 2.68. The standard InChI is InChI=1S/C19H17N3O3S2/c1-25-19(23)22-18(26)21-17-9-8-15(11-16(17)20)27(24)14-7-6-12-4-2-3-5-13(12)10-14/h2-11H,20H2,1H3,(H2,21,22,23,26). The van der Waals surface area contributed by atoms with Gasteiger partial charge in [-0.05, 0) is 53.3 Å². The highest BCUT2D eigenvalue weighted by Crippen LogP contribution is 2.26. The summed E-state index contributed by atoms with van der Waals surface area (Å²) < 4.78 is 17.4. The summed E-state index contributed by atoms with van der Waals surface area (Å²) in [6.45, 7) is 0. The highest BCUT2D eigenvalue weighted by molar-refractivity contribution is 7.85. The van der Waals surface area contributed by atoms with Crippen molar-refractivity contribution in [3.05, 3.63) is 60.7 Å². The Balaban J connectivity index is 1.80. The number of nitrogens with two attached hydrogens (primary N) is 1. The second-order valence-electron chi connectivity index (χ2n) is 5.60. The van der Waals surface area contributed by atoms with E-state index in [1.807, 2.05) is 42.5 Å². The van der Waals surface area contributed by atoms with Crippen LogP contribution in [0, 0.1) is 0 Å². The van der Waals surface area contributed by atoms with E-state index in [9.17, 15) is 9.00 Å². The van der Waals surface area contributed by atoms with Crippen LogP contribution in [0.2, 0.25) is 0 Å². The minimum Gasteiger partial charge on any atom is -0.453 e. The lowest BCUT2D eigenvalue weighted by atomic mass is 10.1. The number of hydrogen-bond acceptors (Lipinski definition) is 5. The van der Waals surface area contributed by atoms with Crippen molar-refractivity contribution in [1.82, 2.24) is 5.32 Å². The van der Waals surface area contributed by atoms with E-state index >= 15 is 0 Å². The van der Waals surface area contributed by atoms with Crippen molar-refractivity contribution < 1.29 is 13.7 Å². The first-order valence-corrected chi connectivity index (χ1v) is 9.50. The highest BCUT2D eigenvalue weighted by atomic mass is 32.2. The number of nitrogen functional groups attached to an aromatic ring is 1. The molecule has 4 N–H and O–H groups in total. The van der Waals surface area contributed by atoms with Crippen LogP contribution in [0.5, 0.6) is 0 Å². The van der Waals surface area contributed by atoms with Crippen LogP contribution in [0.3, 0.4) is 0 Å². The first kappa shape index (κ1) is 18.8. The Morgan fingerprint density at radius 2 is 1.70 bits per heavy atom. The zero-order chi connectivity index (χ0) is 19.4. The van der Waals surface area contributed by atoms with Gasteiger partial charge in [-0.2, -0.15) is 0 Å². The van der Waals surface area contributed by atoms with Gasteiger partial charge in [-0.3, -0.25) is 5.32 Å². The molecule has 0 heterocycles. The molecule has 138 valence electrons. The monoisotopic (exact) mass is 399 g/mol. The topological polar surface area (TPSA) is 93.5 Å². The minimum absolute atomic E-state index is 0.0527. The largest absolute Gasteiger partial charge is 0.453 e. The van der Waals surface area contributed by atoms with E-state index in [0.717, 1.165) is 10.8 Å². The van der Waals surface area contributed by atoms with Crippen molar-refractivity contribution >= 4 is 56.4 Å². The minimum atomic E-state index is -1.37. The Kier molecular flexibility index (Phi) is 5.68. The number of thiocarbonyl (C=S) groups is 1. The number of fused-ring (bicyclic) bond motifs is 1. The molecule has 6 nitrogen and oxygen atoms in total. The van der Waals surface area contributed by atoms with E-state index in [1.165, 1.54) is 7.11 Å². The SMILES string of the molecule is COC(=O)NC(=S)Nc1ccc(S(=O)c2ccc3ccccc3c2)cc1N. The molecule has 1 unspecified atom stereocenters. The lowest BCUT2D eigenvalue weighted by Gasteiger charge is -2.12. The fraction of sp³-hybridized carbons (Fsp3) is 0.0526. The van der Waals surface area contributed by atoms with Gasteiger partial charge in [0.05, 0.1) is 29.3 Å². The molecule has 0 spiro atoms. The zero-order valence-electron chi connectivity index (χ0n) is 14.4. The Hall–Kier alpha value is -2.97. The molecular formula is C19H17N3O3S2. The zero-order valence-corrected chi connectivity index (χ0v) is 16.0. The molecule has 1 atom stereocenters. The molecule has 0 aliphatic heterocycles. The third kappa shape index (κ3) is 4.42. The summed E-state index contributed by atoms with van der Waals surface area (Å²) in [5.41, 5.74) is 6.89. The molecule has 27 heavy (non-hydrogen) atoms. The van der Waals surface area contributed by atoms with Crippen molar-refractivity contribution in [1.29, 1.82) is 0 Å². The van der Waals surface area contributed by atoms with Crippen LogP contribution >= 0.6 is 12.2 Å². The average molecular weight is 399 g/mol. The van der Waals surface area contributed by atoms with Crippen molar-refractivity contribution in [2.75, 3.05) is 18.2 Å². The number of anilines is 2. The maximum atomic E-state index is 12.9. The van der Waals surface area contributed by atoms with Gasteiger partial charge in [-0.1, -0.05) is 30.3 Å². The predicted molar refractivity (Wildman–Crippen MR) is 111 cm³/mol. The van der Waals surface area contributed by atoms with Crippen molar-refractivity contribution in [2.24, 2.45) is 0 Å². The van der Waals surface area contributed by atoms with Gasteiger partial charge in [0.1, 0.15) is 0 Å². The molecule has 0 aromatic heterocycles. The molecule has 0 radical (unpaired) electrons. The summed E-state index contributed by atoms with van der Waals surface area (Å²) in [4.78, 5) is 12.4. The Labute approximate surface area is 164 Å². The van der Waals surface area contributed by atoms with Crippen LogP contribution in [0.15, 0.2) is 70.5 Å². The molecule has 3 aromatic carbocycles. The number of alkyl carbamates (subject to hydrolysis) is 1. The molecule has 0 aliphatic rings. The molecule has 0 aliphatic carbocycles. The van der Waals surface area contributed by atoms with Crippen molar-refractivity contribution in [3.8, 4) is 0 Å². The maximum Gasteiger partial charge on any atom is 0.413 e. The van der Waals surface area contributed by atoms with Gasteiger partial charge in [0.15, 0.2) is 5.11 Å². The predicted octanol–water partition coefficient (Wildman–Crippen LogP) is 3.64. The van der Waals surface area contributed by atoms with Gasteiger partial charge in [0, 0.05) is 9.79 Å². The van der Waals surface area contributed by atoms with Gasteiger partial charge >= 0.3 is 6.09 Å². The highest BCUT2D eigenvalue weighted by Gasteiger charge is 2.11. The molecule has 0 fully saturated rings. The lowest BCUT2D eigenvalue weighted by molar-refractivity contribution is 0.177. The smallest absolute Gasteiger partial charge is 0.413 e. The van der Waals surface area contributed by atoms with Gasteiger partial charge < -0.3 is 15.8 Å². The van der Waals surface area contributed by atoms with Gasteiger partial charge in [-0.15, -0.1) is 0 Å². The molecular weight excluding hydrogens is 382 g/mol. The molecule has 3 aromatic rings. The third-order valence-electron chi connectivity index (χ3n) is 3.82. The molecule has 0 saturated carbocycles. The first-order valence-electron chi connectivity index (χ1n) is 7.94. The Morgan fingerprint density at radius 3 is 2.41 bits per heavy atom. The summed E-state index contributed by atoms with van der Waals surface area (Å²) in [7, 11) is -0.136. The van der Waals surface area contributed by atoms with Crippen LogP contribution in [-0.2, 0) is 15.5 Å². The summed E-state index contributed by atoms with van der Waals surface area (Å²) in [5, 5.41) is 7.29. The van der Waals surface area contributed by atoms with E-state index in [2.05, 4.69) is 15.4 Å². The summed E-state index contributed by atoms with van der Waals surface area (Å²) in [5.74, 6) is 0. The molecule has 3 rings (SSSR count). The first-order chi connectivity index (χ1) is 13.0. The van der Waals surface area contributed by atoms with Crippen molar-refractivity contribution in [3.63, 3.8) is 0 Å².